The number of carbonyl (C=O) groups is 1. The van der Waals surface area contributed by atoms with E-state index in [1.807, 2.05) is 10.3 Å². The predicted octanol–water partition coefficient (Wildman–Crippen LogP) is 1.95. The zero-order valence-corrected chi connectivity index (χ0v) is 11.9. The van der Waals surface area contributed by atoms with Crippen LogP contribution >= 0.6 is 11.3 Å². The molecular weight excluding hydrogens is 246 g/mol. The summed E-state index contributed by atoms with van der Waals surface area (Å²) in [7, 11) is 4.20. The minimum atomic E-state index is 0.103. The summed E-state index contributed by atoms with van der Waals surface area (Å²) in [5.41, 5.74) is 2.33. The Labute approximate surface area is 113 Å². The molecule has 0 radical (unpaired) electrons. The summed E-state index contributed by atoms with van der Waals surface area (Å²) < 4.78 is 0. The van der Waals surface area contributed by atoms with Crippen LogP contribution in [0.3, 0.4) is 0 Å². The fraction of sp³-hybridized carbons (Fsp3) is 0.692. The molecule has 0 unspecified atom stereocenters. The number of rotatable bonds is 4. The van der Waals surface area contributed by atoms with Gasteiger partial charge in [0.2, 0.25) is 0 Å². The third-order valence-corrected chi connectivity index (χ3v) is 4.03. The topological polar surface area (TPSA) is 36.4 Å². The van der Waals surface area contributed by atoms with E-state index >= 15 is 0 Å². The second-order valence-electron chi connectivity index (χ2n) is 5.23. The molecule has 4 nitrogen and oxygen atoms in total. The van der Waals surface area contributed by atoms with Gasteiger partial charge in [0.05, 0.1) is 5.51 Å². The monoisotopic (exact) mass is 267 g/mol. The molecule has 0 aliphatic carbocycles. The Kier molecular flexibility index (Phi) is 4.72. The summed E-state index contributed by atoms with van der Waals surface area (Å²) in [6.45, 7) is 2.88. The summed E-state index contributed by atoms with van der Waals surface area (Å²) in [5.74, 6) is 0.745. The Morgan fingerprint density at radius 3 is 3.11 bits per heavy atom. The van der Waals surface area contributed by atoms with E-state index in [1.54, 1.807) is 5.51 Å². The van der Waals surface area contributed by atoms with Gasteiger partial charge < -0.3 is 9.80 Å². The van der Waals surface area contributed by atoms with Gasteiger partial charge >= 0.3 is 0 Å². The molecule has 1 aromatic heterocycles. The molecule has 0 N–H and O–H groups in total. The minimum Gasteiger partial charge on any atom is -0.337 e. The van der Waals surface area contributed by atoms with Crippen molar-refractivity contribution in [3.05, 3.63) is 16.6 Å². The zero-order chi connectivity index (χ0) is 13.0. The van der Waals surface area contributed by atoms with Crippen molar-refractivity contribution >= 4 is 17.2 Å². The molecule has 0 saturated carbocycles. The van der Waals surface area contributed by atoms with E-state index in [9.17, 15) is 4.79 Å². The second-order valence-corrected chi connectivity index (χ2v) is 5.94. The van der Waals surface area contributed by atoms with Gasteiger partial charge in [-0.25, -0.2) is 4.98 Å². The number of carbonyl (C=O) groups excluding carboxylic acids is 1. The Bertz CT molecular complexity index is 378. The molecule has 0 bridgehead atoms. The molecule has 1 saturated heterocycles. The summed E-state index contributed by atoms with van der Waals surface area (Å²) in [6, 6.07) is 0. The van der Waals surface area contributed by atoms with E-state index < -0.39 is 0 Å². The minimum absolute atomic E-state index is 0.103. The van der Waals surface area contributed by atoms with Gasteiger partial charge in [-0.15, -0.1) is 11.3 Å². The summed E-state index contributed by atoms with van der Waals surface area (Å²) in [5, 5.41) is 1.84. The van der Waals surface area contributed by atoms with E-state index in [-0.39, 0.29) is 5.91 Å². The SMILES string of the molecule is CN(C)CC[C@@H]1CCCN(C(=O)c2cscn2)C1. The lowest BCUT2D eigenvalue weighted by Gasteiger charge is -2.33. The lowest BCUT2D eigenvalue weighted by Crippen LogP contribution is -2.40. The summed E-state index contributed by atoms with van der Waals surface area (Å²) >= 11 is 1.48. The molecule has 0 spiro atoms. The maximum atomic E-state index is 12.2. The lowest BCUT2D eigenvalue weighted by atomic mass is 9.94. The van der Waals surface area contributed by atoms with Crippen LogP contribution in [0.2, 0.25) is 0 Å². The van der Waals surface area contributed by atoms with Crippen LogP contribution in [0.15, 0.2) is 10.9 Å². The second kappa shape index (κ2) is 6.29. The number of likely N-dealkylation sites (tertiary alicyclic amines) is 1. The van der Waals surface area contributed by atoms with E-state index in [0.717, 1.165) is 26.1 Å². The van der Waals surface area contributed by atoms with Crippen LogP contribution in [-0.2, 0) is 0 Å². The number of thiazole rings is 1. The van der Waals surface area contributed by atoms with Crippen LogP contribution in [0, 0.1) is 5.92 Å². The number of amides is 1. The average Bonchev–Trinajstić information content (AvgIpc) is 2.89. The van der Waals surface area contributed by atoms with Crippen molar-refractivity contribution in [2.24, 2.45) is 5.92 Å². The van der Waals surface area contributed by atoms with Crippen molar-refractivity contribution in [2.75, 3.05) is 33.7 Å². The molecule has 5 heteroatoms. The van der Waals surface area contributed by atoms with Crippen molar-refractivity contribution in [2.45, 2.75) is 19.3 Å². The number of piperidine rings is 1. The van der Waals surface area contributed by atoms with E-state index in [2.05, 4.69) is 24.0 Å². The fourth-order valence-corrected chi connectivity index (χ4v) is 2.93. The van der Waals surface area contributed by atoms with Crippen molar-refractivity contribution in [3.8, 4) is 0 Å². The van der Waals surface area contributed by atoms with Gasteiger partial charge in [-0.1, -0.05) is 0 Å². The van der Waals surface area contributed by atoms with Gasteiger partial charge in [0.1, 0.15) is 5.69 Å². The van der Waals surface area contributed by atoms with Gasteiger partial charge in [-0.3, -0.25) is 4.79 Å². The standard InChI is InChI=1S/C13H21N3OS/c1-15(2)7-5-11-4-3-6-16(8-11)13(17)12-9-18-10-14-12/h9-11H,3-8H2,1-2H3/t11-/m0/s1. The maximum absolute atomic E-state index is 12.2. The van der Waals surface area contributed by atoms with Crippen molar-refractivity contribution in [1.29, 1.82) is 0 Å². The van der Waals surface area contributed by atoms with Crippen molar-refractivity contribution < 1.29 is 4.79 Å². The molecule has 2 rings (SSSR count). The van der Waals surface area contributed by atoms with Crippen LogP contribution in [0.4, 0.5) is 0 Å². The van der Waals surface area contributed by atoms with Crippen LogP contribution in [0.1, 0.15) is 29.8 Å². The third kappa shape index (κ3) is 3.53. The first-order valence-electron chi connectivity index (χ1n) is 6.49. The van der Waals surface area contributed by atoms with Crippen molar-refractivity contribution in [3.63, 3.8) is 0 Å². The summed E-state index contributed by atoms with van der Waals surface area (Å²) in [6.07, 6.45) is 3.54. The van der Waals surface area contributed by atoms with Gasteiger partial charge in [-0.05, 0) is 45.8 Å². The molecule has 1 aliphatic heterocycles. The number of aromatic nitrogens is 1. The van der Waals surface area contributed by atoms with E-state index in [0.29, 0.717) is 11.6 Å². The first-order chi connectivity index (χ1) is 8.66. The highest BCUT2D eigenvalue weighted by atomic mass is 32.1. The smallest absolute Gasteiger partial charge is 0.273 e. The molecule has 1 atom stereocenters. The van der Waals surface area contributed by atoms with Gasteiger partial charge in [0.15, 0.2) is 0 Å². The van der Waals surface area contributed by atoms with Gasteiger partial charge in [-0.2, -0.15) is 0 Å². The highest BCUT2D eigenvalue weighted by Gasteiger charge is 2.25. The van der Waals surface area contributed by atoms with Crippen LogP contribution in [0.25, 0.3) is 0 Å². The molecule has 18 heavy (non-hydrogen) atoms. The number of hydrogen-bond acceptors (Lipinski definition) is 4. The van der Waals surface area contributed by atoms with Crippen molar-refractivity contribution in [1.82, 2.24) is 14.8 Å². The maximum Gasteiger partial charge on any atom is 0.273 e. The van der Waals surface area contributed by atoms with Gasteiger partial charge in [0, 0.05) is 18.5 Å². The van der Waals surface area contributed by atoms with Crippen LogP contribution in [-0.4, -0.2) is 54.4 Å². The largest absolute Gasteiger partial charge is 0.337 e. The first kappa shape index (κ1) is 13.5. The van der Waals surface area contributed by atoms with Crippen LogP contribution < -0.4 is 0 Å². The molecular formula is C13H21N3OS. The Balaban J connectivity index is 1.88. The summed E-state index contributed by atoms with van der Waals surface area (Å²) in [4.78, 5) is 20.5. The molecule has 1 aliphatic rings. The molecule has 1 aromatic rings. The fourth-order valence-electron chi connectivity index (χ4n) is 2.41. The van der Waals surface area contributed by atoms with Crippen LogP contribution in [0.5, 0.6) is 0 Å². The Morgan fingerprint density at radius 2 is 2.44 bits per heavy atom. The normalized spacial score (nSPS) is 20.4. The first-order valence-corrected chi connectivity index (χ1v) is 7.43. The molecule has 0 aromatic carbocycles. The quantitative estimate of drug-likeness (QED) is 0.836. The van der Waals surface area contributed by atoms with E-state index in [4.69, 9.17) is 0 Å². The molecule has 2 heterocycles. The van der Waals surface area contributed by atoms with Gasteiger partial charge in [0.25, 0.3) is 5.91 Å². The number of nitrogens with zero attached hydrogens (tertiary/aromatic N) is 3. The Morgan fingerprint density at radius 1 is 1.61 bits per heavy atom. The number of hydrogen-bond donors (Lipinski definition) is 0. The lowest BCUT2D eigenvalue weighted by molar-refractivity contribution is 0.0658. The molecule has 100 valence electrons. The highest BCUT2D eigenvalue weighted by Crippen LogP contribution is 2.21. The third-order valence-electron chi connectivity index (χ3n) is 3.44. The molecule has 1 fully saturated rings. The Hall–Kier alpha value is -0.940. The predicted molar refractivity (Wildman–Crippen MR) is 73.9 cm³/mol. The average molecular weight is 267 g/mol. The zero-order valence-electron chi connectivity index (χ0n) is 11.1. The highest BCUT2D eigenvalue weighted by molar-refractivity contribution is 7.07. The molecule has 1 amide bonds. The van der Waals surface area contributed by atoms with E-state index in [1.165, 1.54) is 24.2 Å².